The molecule has 1 aromatic rings. The van der Waals surface area contributed by atoms with E-state index in [-0.39, 0.29) is 18.0 Å². The minimum atomic E-state index is -0.769. The van der Waals surface area contributed by atoms with E-state index >= 15 is 0 Å². The van der Waals surface area contributed by atoms with Gasteiger partial charge >= 0.3 is 12.0 Å². The smallest absolute Gasteiger partial charge is 0.317 e. The van der Waals surface area contributed by atoms with Gasteiger partial charge in [-0.1, -0.05) is 0 Å². The van der Waals surface area contributed by atoms with Crippen LogP contribution in [0.5, 0.6) is 0 Å². The lowest BCUT2D eigenvalue weighted by atomic mass is 9.92. The summed E-state index contributed by atoms with van der Waals surface area (Å²) in [6.45, 7) is 4.79. The van der Waals surface area contributed by atoms with Crippen LogP contribution in [0.3, 0.4) is 0 Å². The maximum absolute atomic E-state index is 12.2. The van der Waals surface area contributed by atoms with Crippen molar-refractivity contribution in [2.75, 3.05) is 6.54 Å². The first kappa shape index (κ1) is 15.3. The van der Waals surface area contributed by atoms with Gasteiger partial charge < -0.3 is 15.3 Å². The van der Waals surface area contributed by atoms with Crippen molar-refractivity contribution in [1.82, 2.24) is 15.2 Å². The first-order valence-corrected chi connectivity index (χ1v) is 7.15. The zero-order valence-electron chi connectivity index (χ0n) is 12.4. The fourth-order valence-electron chi connectivity index (χ4n) is 2.67. The number of nitrogens with one attached hydrogen (secondary N) is 1. The van der Waals surface area contributed by atoms with Gasteiger partial charge in [0.25, 0.3) is 0 Å². The minimum absolute atomic E-state index is 0.0570. The second kappa shape index (κ2) is 6.56. The lowest BCUT2D eigenvalue weighted by molar-refractivity contribution is -0.143. The molecular weight excluding hydrogens is 270 g/mol. The zero-order valence-corrected chi connectivity index (χ0v) is 12.4. The molecule has 6 heteroatoms. The van der Waals surface area contributed by atoms with Crippen LogP contribution in [0.1, 0.15) is 30.9 Å². The number of pyridine rings is 1. The van der Waals surface area contributed by atoms with E-state index in [1.54, 1.807) is 17.3 Å². The summed E-state index contributed by atoms with van der Waals surface area (Å²) in [6.07, 6.45) is 4.50. The van der Waals surface area contributed by atoms with E-state index in [0.29, 0.717) is 25.9 Å². The van der Waals surface area contributed by atoms with E-state index in [2.05, 4.69) is 10.3 Å². The molecule has 21 heavy (non-hydrogen) atoms. The van der Waals surface area contributed by atoms with Crippen LogP contribution in [-0.2, 0) is 11.3 Å². The summed E-state index contributed by atoms with van der Waals surface area (Å²) in [5.74, 6) is -1.11. The largest absolute Gasteiger partial charge is 0.481 e. The number of hydrogen-bond acceptors (Lipinski definition) is 3. The summed E-state index contributed by atoms with van der Waals surface area (Å²) < 4.78 is 0. The van der Waals surface area contributed by atoms with Gasteiger partial charge in [0.2, 0.25) is 0 Å². The highest BCUT2D eigenvalue weighted by atomic mass is 16.4. The molecule has 2 N–H and O–H groups in total. The second-order valence-corrected chi connectivity index (χ2v) is 5.56. The Labute approximate surface area is 124 Å². The van der Waals surface area contributed by atoms with Crippen LogP contribution in [0.15, 0.2) is 18.5 Å². The number of nitrogens with zero attached hydrogens (tertiary/aromatic N) is 2. The van der Waals surface area contributed by atoms with Crippen molar-refractivity contribution in [3.8, 4) is 0 Å². The molecule has 1 saturated heterocycles. The molecule has 0 radical (unpaired) electrons. The third-order valence-corrected chi connectivity index (χ3v) is 4.05. The van der Waals surface area contributed by atoms with Crippen LogP contribution in [0.25, 0.3) is 0 Å². The molecule has 1 aromatic heterocycles. The van der Waals surface area contributed by atoms with Crippen LogP contribution in [0, 0.1) is 12.8 Å². The normalized spacial score (nSPS) is 21.9. The Balaban J connectivity index is 1.89. The molecular formula is C15H21N3O3. The van der Waals surface area contributed by atoms with Crippen molar-refractivity contribution in [3.63, 3.8) is 0 Å². The van der Waals surface area contributed by atoms with Gasteiger partial charge in [0.1, 0.15) is 0 Å². The number of rotatable bonds is 3. The van der Waals surface area contributed by atoms with Gasteiger partial charge in [-0.25, -0.2) is 4.79 Å². The predicted octanol–water partition coefficient (Wildman–Crippen LogP) is 1.78. The standard InChI is InChI=1S/C15H21N3O3/c1-10-8-16-5-3-13(10)9-17-15(21)18-6-4-12(14(19)20)7-11(18)2/h3,5,8,11-12H,4,6-7,9H2,1-2H3,(H,17,21)(H,19,20). The maximum Gasteiger partial charge on any atom is 0.317 e. The number of piperidine rings is 1. The molecule has 0 aliphatic carbocycles. The Bertz CT molecular complexity index is 533. The van der Waals surface area contributed by atoms with Gasteiger partial charge in [-0.3, -0.25) is 9.78 Å². The number of carbonyl (C=O) groups is 2. The number of carboxylic acid groups (broad SMARTS) is 1. The van der Waals surface area contributed by atoms with Crippen molar-refractivity contribution in [1.29, 1.82) is 0 Å². The average Bonchev–Trinajstić information content (AvgIpc) is 2.46. The van der Waals surface area contributed by atoms with Gasteiger partial charge in [-0.15, -0.1) is 0 Å². The Morgan fingerprint density at radius 2 is 2.29 bits per heavy atom. The molecule has 6 nitrogen and oxygen atoms in total. The van der Waals surface area contributed by atoms with Crippen molar-refractivity contribution in [3.05, 3.63) is 29.6 Å². The Morgan fingerprint density at radius 1 is 1.52 bits per heavy atom. The fourth-order valence-corrected chi connectivity index (χ4v) is 2.67. The highest BCUT2D eigenvalue weighted by molar-refractivity contribution is 5.75. The Hall–Kier alpha value is -2.11. The SMILES string of the molecule is Cc1cnccc1CNC(=O)N1CCC(C(=O)O)CC1C. The summed E-state index contributed by atoms with van der Waals surface area (Å²) in [4.78, 5) is 29.0. The monoisotopic (exact) mass is 291 g/mol. The Morgan fingerprint density at radius 3 is 2.90 bits per heavy atom. The number of carboxylic acids is 1. The molecule has 2 atom stereocenters. The molecule has 2 heterocycles. The summed E-state index contributed by atoms with van der Waals surface area (Å²) in [7, 11) is 0. The first-order chi connectivity index (χ1) is 9.99. The van der Waals surface area contributed by atoms with Crippen LogP contribution in [0.2, 0.25) is 0 Å². The van der Waals surface area contributed by atoms with E-state index in [9.17, 15) is 9.59 Å². The second-order valence-electron chi connectivity index (χ2n) is 5.56. The van der Waals surface area contributed by atoms with Crippen LogP contribution in [0.4, 0.5) is 4.79 Å². The lowest BCUT2D eigenvalue weighted by Crippen LogP contribution is -2.50. The number of aromatic nitrogens is 1. The van der Waals surface area contributed by atoms with Crippen LogP contribution in [-0.4, -0.2) is 39.6 Å². The quantitative estimate of drug-likeness (QED) is 0.889. The summed E-state index contributed by atoms with van der Waals surface area (Å²) in [6, 6.07) is 1.69. The van der Waals surface area contributed by atoms with E-state index in [0.717, 1.165) is 11.1 Å². The number of aliphatic carboxylic acids is 1. The third kappa shape index (κ3) is 3.71. The molecule has 114 valence electrons. The minimum Gasteiger partial charge on any atom is -0.481 e. The van der Waals surface area contributed by atoms with Crippen molar-refractivity contribution >= 4 is 12.0 Å². The molecule has 0 aromatic carbocycles. The summed E-state index contributed by atoms with van der Waals surface area (Å²) >= 11 is 0. The molecule has 2 unspecified atom stereocenters. The molecule has 1 aliphatic heterocycles. The van der Waals surface area contributed by atoms with Gasteiger partial charge in [0.15, 0.2) is 0 Å². The zero-order chi connectivity index (χ0) is 15.4. The molecule has 1 aliphatic rings. The topological polar surface area (TPSA) is 82.5 Å². The summed E-state index contributed by atoms with van der Waals surface area (Å²) in [5.41, 5.74) is 2.07. The number of likely N-dealkylation sites (tertiary alicyclic amines) is 1. The lowest BCUT2D eigenvalue weighted by Gasteiger charge is -2.36. The highest BCUT2D eigenvalue weighted by Gasteiger charge is 2.32. The average molecular weight is 291 g/mol. The molecule has 0 saturated carbocycles. The molecule has 2 amide bonds. The first-order valence-electron chi connectivity index (χ1n) is 7.15. The van der Waals surface area contributed by atoms with E-state index < -0.39 is 5.97 Å². The summed E-state index contributed by atoms with van der Waals surface area (Å²) in [5, 5.41) is 11.9. The van der Waals surface area contributed by atoms with E-state index in [1.165, 1.54) is 0 Å². The fraction of sp³-hybridized carbons (Fsp3) is 0.533. The van der Waals surface area contributed by atoms with E-state index in [4.69, 9.17) is 5.11 Å². The Kier molecular flexibility index (Phi) is 4.77. The molecule has 0 spiro atoms. The van der Waals surface area contributed by atoms with Crippen molar-refractivity contribution < 1.29 is 14.7 Å². The molecule has 1 fully saturated rings. The number of amides is 2. The number of urea groups is 1. The number of aryl methyl sites for hydroxylation is 1. The van der Waals surface area contributed by atoms with Gasteiger partial charge in [0.05, 0.1) is 5.92 Å². The molecule has 2 rings (SSSR count). The van der Waals surface area contributed by atoms with Crippen LogP contribution < -0.4 is 5.32 Å². The van der Waals surface area contributed by atoms with E-state index in [1.807, 2.05) is 19.9 Å². The van der Waals surface area contributed by atoms with Gasteiger partial charge in [-0.05, 0) is 43.9 Å². The highest BCUT2D eigenvalue weighted by Crippen LogP contribution is 2.23. The van der Waals surface area contributed by atoms with Crippen LogP contribution >= 0.6 is 0 Å². The molecule has 0 bridgehead atoms. The number of carbonyl (C=O) groups excluding carboxylic acids is 1. The van der Waals surface area contributed by atoms with Gasteiger partial charge in [-0.2, -0.15) is 0 Å². The number of hydrogen-bond donors (Lipinski definition) is 2. The van der Waals surface area contributed by atoms with Crippen molar-refractivity contribution in [2.45, 2.75) is 39.3 Å². The third-order valence-electron chi connectivity index (χ3n) is 4.05. The van der Waals surface area contributed by atoms with Crippen molar-refractivity contribution in [2.24, 2.45) is 5.92 Å². The van der Waals surface area contributed by atoms with Gasteiger partial charge in [0, 0.05) is 31.5 Å². The maximum atomic E-state index is 12.2. The predicted molar refractivity (Wildman–Crippen MR) is 77.7 cm³/mol.